The van der Waals surface area contributed by atoms with Crippen molar-refractivity contribution in [3.63, 3.8) is 0 Å². The molecule has 0 saturated carbocycles. The molecule has 0 bridgehead atoms. The number of rotatable bonds is 4. The van der Waals surface area contributed by atoms with Gasteiger partial charge in [-0.25, -0.2) is 0 Å². The number of para-hydroxylation sites is 1. The number of aromatic nitrogens is 4. The lowest BCUT2D eigenvalue weighted by Crippen LogP contribution is -2.04. The fourth-order valence-electron chi connectivity index (χ4n) is 1.94. The minimum absolute atomic E-state index is 0.478. The van der Waals surface area contributed by atoms with E-state index in [0.29, 0.717) is 10.9 Å². The number of thioether (sulfide) groups is 1. The summed E-state index contributed by atoms with van der Waals surface area (Å²) in [6.45, 7) is 0. The molecule has 3 rings (SSSR count). The first-order valence-corrected chi connectivity index (χ1v) is 7.65. The highest BCUT2D eigenvalue weighted by atomic mass is 32.2. The molecule has 0 aliphatic rings. The Hall–Kier alpha value is -2.35. The predicted octanol–water partition coefficient (Wildman–Crippen LogP) is 3.97. The fourth-order valence-corrected chi connectivity index (χ4v) is 2.78. The predicted molar refractivity (Wildman–Crippen MR) is 80.2 cm³/mol. The first kappa shape index (κ1) is 15.5. The monoisotopic (exact) mass is 336 g/mol. The van der Waals surface area contributed by atoms with Gasteiger partial charge in [-0.15, -0.1) is 5.10 Å². The van der Waals surface area contributed by atoms with E-state index in [-0.39, 0.29) is 0 Å². The average molecular weight is 336 g/mol. The molecule has 0 radical (unpaired) electrons. The molecule has 4 nitrogen and oxygen atoms in total. The molecule has 0 amide bonds. The van der Waals surface area contributed by atoms with Crippen LogP contribution in [-0.2, 0) is 11.9 Å². The number of hydrogen-bond acceptors (Lipinski definition) is 4. The molecule has 0 saturated heterocycles. The van der Waals surface area contributed by atoms with Gasteiger partial charge in [0.2, 0.25) is 5.16 Å². The molecule has 1 heterocycles. The van der Waals surface area contributed by atoms with Crippen LogP contribution in [0.25, 0.3) is 5.69 Å². The van der Waals surface area contributed by atoms with Crippen molar-refractivity contribution < 1.29 is 13.2 Å². The van der Waals surface area contributed by atoms with Crippen LogP contribution >= 0.6 is 11.8 Å². The van der Waals surface area contributed by atoms with Crippen molar-refractivity contribution in [1.29, 1.82) is 0 Å². The molecule has 0 aliphatic heterocycles. The van der Waals surface area contributed by atoms with Crippen molar-refractivity contribution >= 4 is 11.8 Å². The van der Waals surface area contributed by atoms with Crippen LogP contribution in [0.2, 0.25) is 0 Å². The van der Waals surface area contributed by atoms with E-state index in [1.807, 2.05) is 30.3 Å². The lowest BCUT2D eigenvalue weighted by Gasteiger charge is -2.07. The first-order chi connectivity index (χ1) is 11.0. The third kappa shape index (κ3) is 3.70. The number of tetrazole rings is 1. The minimum atomic E-state index is -4.32. The lowest BCUT2D eigenvalue weighted by molar-refractivity contribution is -0.137. The van der Waals surface area contributed by atoms with Gasteiger partial charge in [-0.05, 0) is 40.3 Å². The highest BCUT2D eigenvalue weighted by Crippen LogP contribution is 2.30. The zero-order valence-corrected chi connectivity index (χ0v) is 12.6. The van der Waals surface area contributed by atoms with Crippen LogP contribution in [0, 0.1) is 0 Å². The van der Waals surface area contributed by atoms with Crippen molar-refractivity contribution in [2.24, 2.45) is 0 Å². The van der Waals surface area contributed by atoms with Crippen molar-refractivity contribution in [1.82, 2.24) is 20.2 Å². The molecule has 3 aromatic rings. The van der Waals surface area contributed by atoms with E-state index in [9.17, 15) is 13.2 Å². The van der Waals surface area contributed by atoms with E-state index < -0.39 is 11.7 Å². The molecule has 1 aromatic heterocycles. The third-order valence-corrected chi connectivity index (χ3v) is 4.08. The second-order valence-electron chi connectivity index (χ2n) is 4.69. The maximum atomic E-state index is 12.5. The van der Waals surface area contributed by atoms with Crippen LogP contribution in [0.15, 0.2) is 59.8 Å². The molecule has 118 valence electrons. The van der Waals surface area contributed by atoms with Gasteiger partial charge in [0.15, 0.2) is 0 Å². The Morgan fingerprint density at radius 1 is 0.957 bits per heavy atom. The quantitative estimate of drug-likeness (QED) is 0.676. The molecule has 8 heteroatoms. The van der Waals surface area contributed by atoms with Crippen LogP contribution in [0.4, 0.5) is 13.2 Å². The van der Waals surface area contributed by atoms with E-state index >= 15 is 0 Å². The standard InChI is InChI=1S/C15H11F3N4S/c16-15(17,18)12-8-6-11(7-9-12)10-23-14-19-20-21-22(14)13-4-2-1-3-5-13/h1-9H,10H2. The summed E-state index contributed by atoms with van der Waals surface area (Å²) < 4.78 is 39.2. The number of nitrogens with zero attached hydrogens (tertiary/aromatic N) is 4. The summed E-state index contributed by atoms with van der Waals surface area (Å²) in [4.78, 5) is 0. The molecule has 0 N–H and O–H groups in total. The summed E-state index contributed by atoms with van der Waals surface area (Å²) in [6, 6.07) is 14.5. The van der Waals surface area contributed by atoms with E-state index in [1.54, 1.807) is 4.68 Å². The second-order valence-corrected chi connectivity index (χ2v) is 5.63. The molecule has 2 aromatic carbocycles. The van der Waals surface area contributed by atoms with Gasteiger partial charge in [-0.2, -0.15) is 17.9 Å². The molecule has 23 heavy (non-hydrogen) atoms. The molecular formula is C15H11F3N4S. The van der Waals surface area contributed by atoms with Crippen LogP contribution in [0.5, 0.6) is 0 Å². The summed E-state index contributed by atoms with van der Waals surface area (Å²) >= 11 is 1.36. The normalized spacial score (nSPS) is 11.6. The zero-order chi connectivity index (χ0) is 16.3. The van der Waals surface area contributed by atoms with Gasteiger partial charge in [-0.1, -0.05) is 42.1 Å². The van der Waals surface area contributed by atoms with Crippen molar-refractivity contribution in [2.75, 3.05) is 0 Å². The van der Waals surface area contributed by atoms with Crippen molar-refractivity contribution in [2.45, 2.75) is 17.1 Å². The van der Waals surface area contributed by atoms with Crippen LogP contribution in [0.1, 0.15) is 11.1 Å². The van der Waals surface area contributed by atoms with E-state index in [0.717, 1.165) is 23.4 Å². The Kier molecular flexibility index (Phi) is 4.33. The topological polar surface area (TPSA) is 43.6 Å². The summed E-state index contributed by atoms with van der Waals surface area (Å²) in [7, 11) is 0. The van der Waals surface area contributed by atoms with Gasteiger partial charge in [0.25, 0.3) is 0 Å². The van der Waals surface area contributed by atoms with Crippen molar-refractivity contribution in [3.05, 3.63) is 65.7 Å². The first-order valence-electron chi connectivity index (χ1n) is 6.67. The number of hydrogen-bond donors (Lipinski definition) is 0. The largest absolute Gasteiger partial charge is 0.416 e. The molecule has 0 unspecified atom stereocenters. The molecule has 0 atom stereocenters. The summed E-state index contributed by atoms with van der Waals surface area (Å²) in [5.74, 6) is 0.478. The molecule has 0 aliphatic carbocycles. The Labute approximate surface area is 134 Å². The maximum absolute atomic E-state index is 12.5. The molecule has 0 spiro atoms. The zero-order valence-electron chi connectivity index (χ0n) is 11.7. The van der Waals surface area contributed by atoms with E-state index in [1.165, 1.54) is 23.9 Å². The van der Waals surface area contributed by atoms with Gasteiger partial charge < -0.3 is 0 Å². The van der Waals surface area contributed by atoms with Gasteiger partial charge >= 0.3 is 6.18 Å². The Morgan fingerprint density at radius 2 is 1.65 bits per heavy atom. The van der Waals surface area contributed by atoms with Crippen molar-refractivity contribution in [3.8, 4) is 5.69 Å². The number of benzene rings is 2. The highest BCUT2D eigenvalue weighted by Gasteiger charge is 2.29. The smallest absolute Gasteiger partial charge is 0.188 e. The van der Waals surface area contributed by atoms with Gasteiger partial charge in [0.05, 0.1) is 11.3 Å². The fraction of sp³-hybridized carbons (Fsp3) is 0.133. The Bertz CT molecular complexity index is 769. The van der Waals surface area contributed by atoms with Gasteiger partial charge in [0.1, 0.15) is 0 Å². The molecular weight excluding hydrogens is 325 g/mol. The number of alkyl halides is 3. The van der Waals surface area contributed by atoms with Gasteiger partial charge in [0, 0.05) is 5.75 Å². The maximum Gasteiger partial charge on any atom is 0.416 e. The summed E-state index contributed by atoms with van der Waals surface area (Å²) in [5.41, 5.74) is 0.943. The second kappa shape index (κ2) is 6.41. The lowest BCUT2D eigenvalue weighted by atomic mass is 10.1. The third-order valence-electron chi connectivity index (χ3n) is 3.09. The average Bonchev–Trinajstić information content (AvgIpc) is 3.02. The van der Waals surface area contributed by atoms with Crippen LogP contribution in [0.3, 0.4) is 0 Å². The summed E-state index contributed by atoms with van der Waals surface area (Å²) in [6.07, 6.45) is -4.32. The SMILES string of the molecule is FC(F)(F)c1ccc(CSc2nnnn2-c2ccccc2)cc1. The Balaban J connectivity index is 1.71. The number of halogens is 3. The van der Waals surface area contributed by atoms with E-state index in [2.05, 4.69) is 15.5 Å². The van der Waals surface area contributed by atoms with Gasteiger partial charge in [-0.3, -0.25) is 0 Å². The summed E-state index contributed by atoms with van der Waals surface area (Å²) in [5, 5.41) is 12.1. The van der Waals surface area contributed by atoms with E-state index in [4.69, 9.17) is 0 Å². The minimum Gasteiger partial charge on any atom is -0.188 e. The van der Waals surface area contributed by atoms with Crippen LogP contribution in [-0.4, -0.2) is 20.2 Å². The molecule has 0 fully saturated rings. The highest BCUT2D eigenvalue weighted by molar-refractivity contribution is 7.98. The Morgan fingerprint density at radius 3 is 2.30 bits per heavy atom. The van der Waals surface area contributed by atoms with Crippen LogP contribution < -0.4 is 0 Å².